The first-order chi connectivity index (χ1) is 15.3. The molecule has 4 rings (SSSR count). The standard InChI is InChI=1S/C23H23F2N3O4/c1-13-3-4-19-14(7-13)10-20(21-17(24)8-15(9-18(21)25)22(29)26-2)28(19)12-16-11-27(23(30)31)5-6-32-16/h3-4,7-10,16H,5-6,11-12H2,1-2H3,(H,26,29)(H,30,31). The molecule has 0 radical (unpaired) electrons. The van der Waals surface area contributed by atoms with Crippen molar-refractivity contribution in [2.75, 3.05) is 26.7 Å². The van der Waals surface area contributed by atoms with Crippen LogP contribution in [-0.4, -0.2) is 59.4 Å². The summed E-state index contributed by atoms with van der Waals surface area (Å²) in [4.78, 5) is 24.5. The number of rotatable bonds is 4. The summed E-state index contributed by atoms with van der Waals surface area (Å²) < 4.78 is 37.7. The summed E-state index contributed by atoms with van der Waals surface area (Å²) in [5.41, 5.74) is 1.66. The first-order valence-corrected chi connectivity index (χ1v) is 10.2. The highest BCUT2D eigenvalue weighted by molar-refractivity contribution is 5.95. The Labute approximate surface area is 183 Å². The molecule has 1 fully saturated rings. The van der Waals surface area contributed by atoms with Crippen LogP contribution in [0.2, 0.25) is 0 Å². The zero-order valence-electron chi connectivity index (χ0n) is 17.7. The van der Waals surface area contributed by atoms with E-state index in [-0.39, 0.29) is 37.4 Å². The van der Waals surface area contributed by atoms with E-state index in [0.29, 0.717) is 5.69 Å². The zero-order chi connectivity index (χ0) is 23.0. The smallest absolute Gasteiger partial charge is 0.407 e. The lowest BCUT2D eigenvalue weighted by Gasteiger charge is -2.31. The minimum absolute atomic E-state index is 0.113. The summed E-state index contributed by atoms with van der Waals surface area (Å²) in [6.07, 6.45) is -1.51. The summed E-state index contributed by atoms with van der Waals surface area (Å²) in [5.74, 6) is -2.31. The van der Waals surface area contributed by atoms with Gasteiger partial charge in [0.2, 0.25) is 0 Å². The van der Waals surface area contributed by atoms with Gasteiger partial charge in [-0.1, -0.05) is 11.6 Å². The molecule has 1 saturated heterocycles. The van der Waals surface area contributed by atoms with Crippen LogP contribution in [0.5, 0.6) is 0 Å². The fraction of sp³-hybridized carbons (Fsp3) is 0.304. The van der Waals surface area contributed by atoms with Crippen molar-refractivity contribution < 1.29 is 28.2 Å². The quantitative estimate of drug-likeness (QED) is 0.645. The molecule has 0 spiro atoms. The number of benzene rings is 2. The lowest BCUT2D eigenvalue weighted by Crippen LogP contribution is -2.46. The third kappa shape index (κ3) is 4.03. The van der Waals surface area contributed by atoms with Gasteiger partial charge in [0.1, 0.15) is 11.6 Å². The molecule has 0 saturated carbocycles. The largest absolute Gasteiger partial charge is 0.465 e. The number of hydrogen-bond donors (Lipinski definition) is 2. The van der Waals surface area contributed by atoms with Crippen molar-refractivity contribution in [1.82, 2.24) is 14.8 Å². The van der Waals surface area contributed by atoms with Crippen LogP contribution in [0.15, 0.2) is 36.4 Å². The van der Waals surface area contributed by atoms with Crippen LogP contribution < -0.4 is 5.32 Å². The van der Waals surface area contributed by atoms with Crippen molar-refractivity contribution >= 4 is 22.9 Å². The van der Waals surface area contributed by atoms with Crippen LogP contribution in [0.25, 0.3) is 22.2 Å². The number of carbonyl (C=O) groups excluding carboxylic acids is 1. The highest BCUT2D eigenvalue weighted by Gasteiger charge is 2.27. The summed E-state index contributed by atoms with van der Waals surface area (Å²) >= 11 is 0. The van der Waals surface area contributed by atoms with Gasteiger partial charge in [-0.15, -0.1) is 0 Å². The monoisotopic (exact) mass is 443 g/mol. The average Bonchev–Trinajstić information content (AvgIpc) is 3.09. The van der Waals surface area contributed by atoms with Gasteiger partial charge < -0.3 is 24.6 Å². The van der Waals surface area contributed by atoms with Crippen LogP contribution in [-0.2, 0) is 11.3 Å². The Hall–Kier alpha value is -3.46. The maximum absolute atomic E-state index is 15.1. The van der Waals surface area contributed by atoms with Crippen molar-refractivity contribution in [3.63, 3.8) is 0 Å². The van der Waals surface area contributed by atoms with E-state index in [1.165, 1.54) is 11.9 Å². The highest BCUT2D eigenvalue weighted by atomic mass is 19.1. The van der Waals surface area contributed by atoms with E-state index in [1.54, 1.807) is 10.6 Å². The molecule has 1 unspecified atom stereocenters. The second kappa shape index (κ2) is 8.58. The fourth-order valence-corrected chi connectivity index (χ4v) is 4.09. The van der Waals surface area contributed by atoms with Gasteiger partial charge in [0.05, 0.1) is 37.1 Å². The molecule has 2 amide bonds. The Bertz CT molecular complexity index is 1180. The number of aromatic nitrogens is 1. The van der Waals surface area contributed by atoms with Crippen LogP contribution in [0, 0.1) is 18.6 Å². The normalized spacial score (nSPS) is 16.4. The minimum Gasteiger partial charge on any atom is -0.465 e. The molecular weight excluding hydrogens is 420 g/mol. The number of amides is 2. The fourth-order valence-electron chi connectivity index (χ4n) is 4.09. The van der Waals surface area contributed by atoms with Gasteiger partial charge in [0, 0.05) is 30.1 Å². The van der Waals surface area contributed by atoms with Gasteiger partial charge in [-0.3, -0.25) is 4.79 Å². The molecule has 1 aromatic heterocycles. The van der Waals surface area contributed by atoms with Gasteiger partial charge in [-0.25, -0.2) is 13.6 Å². The van der Waals surface area contributed by atoms with Gasteiger partial charge >= 0.3 is 6.09 Å². The van der Waals surface area contributed by atoms with E-state index in [0.717, 1.165) is 28.6 Å². The average molecular weight is 443 g/mol. The highest BCUT2D eigenvalue weighted by Crippen LogP contribution is 2.34. The van der Waals surface area contributed by atoms with Crippen molar-refractivity contribution in [3.8, 4) is 11.3 Å². The Morgan fingerprint density at radius 2 is 1.91 bits per heavy atom. The maximum atomic E-state index is 15.1. The third-order valence-corrected chi connectivity index (χ3v) is 5.64. The number of carboxylic acid groups (broad SMARTS) is 1. The number of nitrogens with one attached hydrogen (secondary N) is 1. The Morgan fingerprint density at radius 1 is 1.19 bits per heavy atom. The van der Waals surface area contributed by atoms with Crippen LogP contribution in [0.3, 0.4) is 0 Å². The number of carbonyl (C=O) groups is 2. The van der Waals surface area contributed by atoms with E-state index in [4.69, 9.17) is 4.74 Å². The number of ether oxygens (including phenoxy) is 1. The van der Waals surface area contributed by atoms with Crippen molar-refractivity contribution in [2.45, 2.75) is 19.6 Å². The number of halogens is 2. The lowest BCUT2D eigenvalue weighted by molar-refractivity contribution is -0.0285. The topological polar surface area (TPSA) is 83.8 Å². The molecule has 168 valence electrons. The zero-order valence-corrected chi connectivity index (χ0v) is 17.7. The summed E-state index contributed by atoms with van der Waals surface area (Å²) in [6, 6.07) is 9.38. The van der Waals surface area contributed by atoms with Crippen LogP contribution in [0.4, 0.5) is 13.6 Å². The van der Waals surface area contributed by atoms with E-state index < -0.39 is 29.7 Å². The third-order valence-electron chi connectivity index (χ3n) is 5.64. The molecule has 32 heavy (non-hydrogen) atoms. The predicted molar refractivity (Wildman–Crippen MR) is 115 cm³/mol. The SMILES string of the molecule is CNC(=O)c1cc(F)c(-c2cc3cc(C)ccc3n2CC2CN(C(=O)O)CCO2)c(F)c1. The second-order valence-electron chi connectivity index (χ2n) is 7.82. The molecule has 1 aliphatic rings. The first-order valence-electron chi connectivity index (χ1n) is 10.2. The molecule has 2 N–H and O–H groups in total. The van der Waals surface area contributed by atoms with E-state index in [2.05, 4.69) is 5.32 Å². The van der Waals surface area contributed by atoms with Crippen LogP contribution >= 0.6 is 0 Å². The van der Waals surface area contributed by atoms with Crippen molar-refractivity contribution in [3.05, 3.63) is 59.2 Å². The summed E-state index contributed by atoms with van der Waals surface area (Å²) in [6.45, 7) is 2.80. The summed E-state index contributed by atoms with van der Waals surface area (Å²) in [7, 11) is 1.39. The van der Waals surface area contributed by atoms with Crippen LogP contribution in [0.1, 0.15) is 15.9 Å². The number of morpholine rings is 1. The Kier molecular flexibility index (Phi) is 5.84. The molecule has 0 bridgehead atoms. The molecule has 3 aromatic rings. The summed E-state index contributed by atoms with van der Waals surface area (Å²) in [5, 5.41) is 12.5. The number of hydrogen-bond acceptors (Lipinski definition) is 3. The molecule has 1 aliphatic heterocycles. The molecule has 9 heteroatoms. The van der Waals surface area contributed by atoms with E-state index in [1.807, 2.05) is 25.1 Å². The second-order valence-corrected chi connectivity index (χ2v) is 7.82. The molecule has 1 atom stereocenters. The van der Waals surface area contributed by atoms with E-state index >= 15 is 8.78 Å². The van der Waals surface area contributed by atoms with E-state index in [9.17, 15) is 14.7 Å². The Balaban J connectivity index is 1.82. The van der Waals surface area contributed by atoms with Crippen molar-refractivity contribution in [2.24, 2.45) is 0 Å². The predicted octanol–water partition coefficient (Wildman–Crippen LogP) is 3.63. The lowest BCUT2D eigenvalue weighted by atomic mass is 10.1. The maximum Gasteiger partial charge on any atom is 0.407 e. The van der Waals surface area contributed by atoms with Gasteiger partial charge in [0.15, 0.2) is 0 Å². The Morgan fingerprint density at radius 3 is 2.56 bits per heavy atom. The molecule has 2 aromatic carbocycles. The van der Waals surface area contributed by atoms with Gasteiger partial charge in [-0.2, -0.15) is 0 Å². The molecule has 7 nitrogen and oxygen atoms in total. The van der Waals surface area contributed by atoms with Gasteiger partial charge in [0.25, 0.3) is 5.91 Å². The number of nitrogens with zero attached hydrogens (tertiary/aromatic N) is 2. The number of aryl methyl sites for hydroxylation is 1. The molecule has 0 aliphatic carbocycles. The van der Waals surface area contributed by atoms with Crippen molar-refractivity contribution in [1.29, 1.82) is 0 Å². The minimum atomic E-state index is -1.03. The number of fused-ring (bicyclic) bond motifs is 1. The van der Waals surface area contributed by atoms with Gasteiger partial charge in [-0.05, 0) is 37.3 Å². The molecular formula is C23H23F2N3O4. The molecule has 2 heterocycles. The first kappa shape index (κ1) is 21.8.